The van der Waals surface area contributed by atoms with Crippen molar-refractivity contribution >= 4 is 34.7 Å². The van der Waals surface area contributed by atoms with Gasteiger partial charge >= 0.3 is 5.97 Å². The number of aromatic nitrogens is 1. The Morgan fingerprint density at radius 1 is 0.879 bits per heavy atom. The number of ether oxygens (including phenoxy) is 1. The van der Waals surface area contributed by atoms with Crippen molar-refractivity contribution in [2.24, 2.45) is 0 Å². The quantitative estimate of drug-likeness (QED) is 0.297. The average Bonchev–Trinajstić information content (AvgIpc) is 3.34. The van der Waals surface area contributed by atoms with Crippen LogP contribution < -0.4 is 5.32 Å². The fourth-order valence-corrected chi connectivity index (χ4v) is 3.81. The topological polar surface area (TPSA) is 85.4 Å². The van der Waals surface area contributed by atoms with Crippen LogP contribution in [0, 0.1) is 6.92 Å². The van der Waals surface area contributed by atoms with Crippen LogP contribution in [0.4, 0.5) is 5.69 Å². The van der Waals surface area contributed by atoms with Gasteiger partial charge in [-0.05, 0) is 43.3 Å². The number of hydrogen-bond acceptors (Lipinski definition) is 6. The highest BCUT2D eigenvalue weighted by Crippen LogP contribution is 2.24. The van der Waals surface area contributed by atoms with Crippen molar-refractivity contribution < 1.29 is 19.1 Å². The predicted molar refractivity (Wildman–Crippen MR) is 128 cm³/mol. The summed E-state index contributed by atoms with van der Waals surface area (Å²) < 4.78 is 5.15. The van der Waals surface area contributed by atoms with Gasteiger partial charge in [0.15, 0.2) is 18.1 Å². The van der Waals surface area contributed by atoms with Crippen molar-refractivity contribution in [3.8, 4) is 10.6 Å². The van der Waals surface area contributed by atoms with Gasteiger partial charge in [-0.3, -0.25) is 9.59 Å². The summed E-state index contributed by atoms with van der Waals surface area (Å²) in [6.07, 6.45) is 0. The van der Waals surface area contributed by atoms with Gasteiger partial charge in [-0.15, -0.1) is 11.3 Å². The highest BCUT2D eigenvalue weighted by atomic mass is 32.1. The Balaban J connectivity index is 1.32. The molecule has 0 radical (unpaired) electrons. The van der Waals surface area contributed by atoms with Crippen LogP contribution in [0.1, 0.15) is 36.8 Å². The van der Waals surface area contributed by atoms with Gasteiger partial charge in [-0.25, -0.2) is 9.78 Å². The number of thiazole rings is 1. The summed E-state index contributed by atoms with van der Waals surface area (Å²) in [5, 5.41) is 5.10. The number of hydrogen-bond donors (Lipinski definition) is 1. The van der Waals surface area contributed by atoms with Gasteiger partial charge in [-0.2, -0.15) is 0 Å². The number of carbonyl (C=O) groups excluding carboxylic acids is 3. The average molecular weight is 457 g/mol. The van der Waals surface area contributed by atoms with Gasteiger partial charge in [0.25, 0.3) is 5.91 Å². The molecule has 33 heavy (non-hydrogen) atoms. The molecule has 0 saturated carbocycles. The number of nitrogens with one attached hydrogen (secondary N) is 1. The van der Waals surface area contributed by atoms with Crippen molar-refractivity contribution in [3.63, 3.8) is 0 Å². The number of aryl methyl sites for hydroxylation is 1. The van der Waals surface area contributed by atoms with E-state index in [9.17, 15) is 14.4 Å². The molecule has 0 fully saturated rings. The molecular formula is C26H20N2O4S. The predicted octanol–water partition coefficient (Wildman–Crippen LogP) is 5.41. The summed E-state index contributed by atoms with van der Waals surface area (Å²) in [5.41, 5.74) is 3.70. The van der Waals surface area contributed by atoms with Crippen molar-refractivity contribution in [3.05, 3.63) is 107 Å². The Morgan fingerprint density at radius 2 is 1.58 bits per heavy atom. The van der Waals surface area contributed by atoms with Gasteiger partial charge in [0, 0.05) is 27.8 Å². The van der Waals surface area contributed by atoms with E-state index >= 15 is 0 Å². The van der Waals surface area contributed by atoms with Crippen LogP contribution in [0.15, 0.2) is 84.2 Å². The number of rotatable bonds is 7. The van der Waals surface area contributed by atoms with Gasteiger partial charge in [0.1, 0.15) is 5.01 Å². The minimum absolute atomic E-state index is 0.169. The van der Waals surface area contributed by atoms with Crippen LogP contribution in [-0.4, -0.2) is 29.3 Å². The molecule has 0 aliphatic heterocycles. The highest BCUT2D eigenvalue weighted by molar-refractivity contribution is 7.13. The molecule has 0 aliphatic rings. The van der Waals surface area contributed by atoms with E-state index in [1.807, 2.05) is 37.3 Å². The summed E-state index contributed by atoms with van der Waals surface area (Å²) in [7, 11) is 0. The normalized spacial score (nSPS) is 10.5. The van der Waals surface area contributed by atoms with Crippen LogP contribution in [0.25, 0.3) is 10.6 Å². The molecule has 0 unspecified atom stereocenters. The number of esters is 1. The molecule has 1 aromatic heterocycles. The minimum atomic E-state index is -0.648. The highest BCUT2D eigenvalue weighted by Gasteiger charge is 2.16. The maximum atomic E-state index is 12.4. The molecular weight excluding hydrogens is 436 g/mol. The zero-order valence-corrected chi connectivity index (χ0v) is 18.6. The van der Waals surface area contributed by atoms with Gasteiger partial charge in [0.05, 0.1) is 0 Å². The van der Waals surface area contributed by atoms with E-state index in [0.29, 0.717) is 21.8 Å². The van der Waals surface area contributed by atoms with Crippen molar-refractivity contribution in [1.82, 2.24) is 4.98 Å². The first kappa shape index (κ1) is 22.1. The van der Waals surface area contributed by atoms with Crippen LogP contribution in [-0.2, 0) is 4.74 Å². The molecule has 3 aromatic carbocycles. The second-order valence-corrected chi connectivity index (χ2v) is 8.16. The van der Waals surface area contributed by atoms with Crippen LogP contribution in [0.3, 0.4) is 0 Å². The van der Waals surface area contributed by atoms with E-state index in [1.165, 1.54) is 11.3 Å². The molecule has 0 bridgehead atoms. The number of amides is 1. The lowest BCUT2D eigenvalue weighted by atomic mass is 10.1. The molecule has 4 aromatic rings. The molecule has 0 saturated heterocycles. The van der Waals surface area contributed by atoms with Crippen LogP contribution in [0.5, 0.6) is 0 Å². The molecule has 7 heteroatoms. The number of ketones is 1. The first-order chi connectivity index (χ1) is 16.0. The first-order valence-electron chi connectivity index (χ1n) is 10.2. The van der Waals surface area contributed by atoms with Gasteiger partial charge < -0.3 is 10.1 Å². The molecule has 1 heterocycles. The third-order valence-electron chi connectivity index (χ3n) is 4.85. The Labute approximate surface area is 194 Å². The second kappa shape index (κ2) is 10.0. The lowest BCUT2D eigenvalue weighted by molar-refractivity contribution is 0.0470. The lowest BCUT2D eigenvalue weighted by Crippen LogP contribution is -2.15. The summed E-state index contributed by atoms with van der Waals surface area (Å²) in [6, 6.07) is 23.1. The van der Waals surface area contributed by atoms with Crippen molar-refractivity contribution in [1.29, 1.82) is 0 Å². The zero-order valence-electron chi connectivity index (χ0n) is 17.8. The van der Waals surface area contributed by atoms with E-state index in [0.717, 1.165) is 11.1 Å². The summed E-state index contributed by atoms with van der Waals surface area (Å²) in [6.45, 7) is 1.60. The Morgan fingerprint density at radius 3 is 2.27 bits per heavy atom. The molecule has 1 N–H and O–H groups in total. The summed E-state index contributed by atoms with van der Waals surface area (Å²) in [5.74, 6) is -1.24. The second-order valence-electron chi connectivity index (χ2n) is 7.30. The van der Waals surface area contributed by atoms with Gasteiger partial charge in [0.2, 0.25) is 0 Å². The largest absolute Gasteiger partial charge is 0.453 e. The number of benzene rings is 3. The Bertz CT molecular complexity index is 1280. The molecule has 164 valence electrons. The first-order valence-corrected chi connectivity index (χ1v) is 11.1. The van der Waals surface area contributed by atoms with E-state index in [-0.39, 0.29) is 17.4 Å². The molecule has 0 atom stereocenters. The fourth-order valence-electron chi connectivity index (χ4n) is 3.02. The zero-order chi connectivity index (χ0) is 23.2. The number of anilines is 1. The third-order valence-corrected chi connectivity index (χ3v) is 5.74. The SMILES string of the molecule is Cc1ccc(-c2nc(C(=O)OCC(=O)c3ccc(NC(=O)c4ccccc4)cc3)cs2)cc1. The monoisotopic (exact) mass is 456 g/mol. The number of carbonyl (C=O) groups is 3. The molecule has 6 nitrogen and oxygen atoms in total. The van der Waals surface area contributed by atoms with E-state index < -0.39 is 12.6 Å². The van der Waals surface area contributed by atoms with Crippen LogP contribution in [0.2, 0.25) is 0 Å². The standard InChI is InChI=1S/C26H20N2O4S/c1-17-7-9-20(10-8-17)25-28-22(16-33-25)26(31)32-15-23(29)18-11-13-21(14-12-18)27-24(30)19-5-3-2-4-6-19/h2-14,16H,15H2,1H3,(H,27,30). The summed E-state index contributed by atoms with van der Waals surface area (Å²) >= 11 is 1.34. The smallest absolute Gasteiger partial charge is 0.358 e. The van der Waals surface area contributed by atoms with Crippen molar-refractivity contribution in [2.45, 2.75) is 6.92 Å². The molecule has 0 spiro atoms. The molecule has 0 aliphatic carbocycles. The molecule has 1 amide bonds. The third kappa shape index (κ3) is 5.58. The van der Waals surface area contributed by atoms with Gasteiger partial charge in [-0.1, -0.05) is 48.0 Å². The maximum Gasteiger partial charge on any atom is 0.358 e. The Hall–Kier alpha value is -4.10. The van der Waals surface area contributed by atoms with E-state index in [2.05, 4.69) is 10.3 Å². The van der Waals surface area contributed by atoms with E-state index in [1.54, 1.807) is 53.9 Å². The minimum Gasteiger partial charge on any atom is -0.453 e. The van der Waals surface area contributed by atoms with Crippen molar-refractivity contribution in [2.75, 3.05) is 11.9 Å². The van der Waals surface area contributed by atoms with E-state index in [4.69, 9.17) is 4.74 Å². The number of nitrogens with zero attached hydrogens (tertiary/aromatic N) is 1. The Kier molecular flexibility index (Phi) is 6.71. The lowest BCUT2D eigenvalue weighted by Gasteiger charge is -2.07. The van der Waals surface area contributed by atoms with Crippen LogP contribution >= 0.6 is 11.3 Å². The fraction of sp³-hybridized carbons (Fsp3) is 0.0769. The summed E-state index contributed by atoms with van der Waals surface area (Å²) in [4.78, 5) is 41.3. The number of Topliss-reactive ketones (excluding diaryl/α,β-unsaturated/α-hetero) is 1. The maximum absolute atomic E-state index is 12.4. The molecule has 4 rings (SSSR count).